The molecule has 0 radical (unpaired) electrons. The van der Waals surface area contributed by atoms with Crippen LogP contribution >= 0.6 is 0 Å². The molecule has 1 nitrogen and oxygen atoms in total. The van der Waals surface area contributed by atoms with E-state index in [0.717, 1.165) is 5.56 Å². The summed E-state index contributed by atoms with van der Waals surface area (Å²) in [5, 5.41) is 8.82. The first-order valence-electron chi connectivity index (χ1n) is 4.54. The Bertz CT molecular complexity index is 358. The number of aryl methyl sites for hydroxylation is 1. The van der Waals surface area contributed by atoms with Crippen LogP contribution in [0.1, 0.15) is 35.1 Å². The van der Waals surface area contributed by atoms with Crippen molar-refractivity contribution in [1.82, 2.24) is 0 Å². The summed E-state index contributed by atoms with van der Waals surface area (Å²) in [5.74, 6) is -0.000648. The molecule has 0 aliphatic heterocycles. The Morgan fingerprint density at radius 1 is 1.15 bits per heavy atom. The van der Waals surface area contributed by atoms with E-state index in [9.17, 15) is 0 Å². The van der Waals surface area contributed by atoms with Gasteiger partial charge >= 0.3 is 0 Å². The molecule has 1 heteroatoms. The van der Waals surface area contributed by atoms with E-state index >= 15 is 0 Å². The Balaban J connectivity index is 3.28. The molecule has 0 amide bonds. The molecule has 1 rings (SSSR count). The van der Waals surface area contributed by atoms with Crippen molar-refractivity contribution >= 4 is 0 Å². The van der Waals surface area contributed by atoms with Crippen LogP contribution in [0.2, 0.25) is 0 Å². The summed E-state index contributed by atoms with van der Waals surface area (Å²) in [6.45, 7) is 8.24. The summed E-state index contributed by atoms with van der Waals surface area (Å²) in [6, 6.07) is 6.42. The predicted molar refractivity (Wildman–Crippen MR) is 54.7 cm³/mol. The topological polar surface area (TPSA) is 23.8 Å². The fourth-order valence-corrected chi connectivity index (χ4v) is 1.52. The molecule has 0 fully saturated rings. The zero-order valence-electron chi connectivity index (χ0n) is 8.68. The monoisotopic (exact) mass is 173 g/mol. The lowest BCUT2D eigenvalue weighted by Crippen LogP contribution is -1.97. The van der Waals surface area contributed by atoms with Crippen molar-refractivity contribution < 1.29 is 0 Å². The average molecular weight is 173 g/mol. The second kappa shape index (κ2) is 3.62. The SMILES string of the molecule is Cc1ccc(C(C)C#N)c(C)c1C. The van der Waals surface area contributed by atoms with Crippen LogP contribution in [-0.4, -0.2) is 0 Å². The number of hydrogen-bond donors (Lipinski definition) is 0. The molecule has 0 spiro atoms. The number of nitrogens with zero attached hydrogens (tertiary/aromatic N) is 1. The van der Waals surface area contributed by atoms with Crippen molar-refractivity contribution in [1.29, 1.82) is 5.26 Å². The van der Waals surface area contributed by atoms with E-state index < -0.39 is 0 Å². The van der Waals surface area contributed by atoms with Crippen LogP contribution in [0, 0.1) is 32.1 Å². The zero-order chi connectivity index (χ0) is 10.0. The maximum absolute atomic E-state index is 8.82. The highest BCUT2D eigenvalue weighted by atomic mass is 14.3. The Hall–Kier alpha value is -1.29. The summed E-state index contributed by atoms with van der Waals surface area (Å²) in [5.41, 5.74) is 5.02. The van der Waals surface area contributed by atoms with E-state index in [0.29, 0.717) is 0 Å². The highest BCUT2D eigenvalue weighted by molar-refractivity contribution is 5.41. The van der Waals surface area contributed by atoms with Gasteiger partial charge in [0, 0.05) is 0 Å². The highest BCUT2D eigenvalue weighted by Gasteiger charge is 2.09. The lowest BCUT2D eigenvalue weighted by molar-refractivity contribution is 0.957. The van der Waals surface area contributed by atoms with Gasteiger partial charge in [0.25, 0.3) is 0 Å². The van der Waals surface area contributed by atoms with E-state index in [1.807, 2.05) is 6.92 Å². The highest BCUT2D eigenvalue weighted by Crippen LogP contribution is 2.23. The summed E-state index contributed by atoms with van der Waals surface area (Å²) in [6.07, 6.45) is 0. The molecule has 0 saturated carbocycles. The molecule has 1 atom stereocenters. The molecule has 0 heterocycles. The van der Waals surface area contributed by atoms with Gasteiger partial charge in [-0.2, -0.15) is 5.26 Å². The van der Waals surface area contributed by atoms with Crippen LogP contribution in [0.25, 0.3) is 0 Å². The van der Waals surface area contributed by atoms with Crippen LogP contribution < -0.4 is 0 Å². The van der Waals surface area contributed by atoms with Crippen molar-refractivity contribution in [3.8, 4) is 6.07 Å². The third-order valence-electron chi connectivity index (χ3n) is 2.76. The van der Waals surface area contributed by atoms with E-state index in [-0.39, 0.29) is 5.92 Å². The van der Waals surface area contributed by atoms with Crippen molar-refractivity contribution in [3.05, 3.63) is 34.4 Å². The predicted octanol–water partition coefficient (Wildman–Crippen LogP) is 3.24. The fraction of sp³-hybridized carbons (Fsp3) is 0.417. The minimum absolute atomic E-state index is 0.000648. The van der Waals surface area contributed by atoms with E-state index in [4.69, 9.17) is 5.26 Å². The lowest BCUT2D eigenvalue weighted by Gasteiger charge is -2.12. The van der Waals surface area contributed by atoms with Gasteiger partial charge in [-0.05, 0) is 49.9 Å². The van der Waals surface area contributed by atoms with Gasteiger partial charge in [-0.3, -0.25) is 0 Å². The minimum atomic E-state index is -0.000648. The van der Waals surface area contributed by atoms with Gasteiger partial charge in [-0.15, -0.1) is 0 Å². The summed E-state index contributed by atoms with van der Waals surface area (Å²) in [4.78, 5) is 0. The maximum atomic E-state index is 8.82. The van der Waals surface area contributed by atoms with Gasteiger partial charge in [-0.1, -0.05) is 12.1 Å². The first kappa shape index (κ1) is 9.80. The van der Waals surface area contributed by atoms with Crippen LogP contribution in [0.4, 0.5) is 0 Å². The van der Waals surface area contributed by atoms with Gasteiger partial charge in [0.15, 0.2) is 0 Å². The molecule has 68 valence electrons. The number of nitriles is 1. The third kappa shape index (κ3) is 1.72. The quantitative estimate of drug-likeness (QED) is 0.639. The first-order chi connectivity index (χ1) is 6.07. The first-order valence-corrected chi connectivity index (χ1v) is 4.54. The molecule has 0 saturated heterocycles. The molecular formula is C12H15N. The van der Waals surface area contributed by atoms with E-state index in [1.165, 1.54) is 16.7 Å². The number of rotatable bonds is 1. The Morgan fingerprint density at radius 2 is 1.77 bits per heavy atom. The van der Waals surface area contributed by atoms with Crippen molar-refractivity contribution in [2.24, 2.45) is 0 Å². The average Bonchev–Trinajstić information content (AvgIpc) is 2.13. The lowest BCUT2D eigenvalue weighted by atomic mass is 9.92. The smallest absolute Gasteiger partial charge is 0.0701 e. The second-order valence-corrected chi connectivity index (χ2v) is 3.57. The number of hydrogen-bond acceptors (Lipinski definition) is 1. The molecule has 0 aromatic heterocycles. The van der Waals surface area contributed by atoms with Crippen molar-refractivity contribution in [3.63, 3.8) is 0 Å². The summed E-state index contributed by atoms with van der Waals surface area (Å²) >= 11 is 0. The molecule has 1 unspecified atom stereocenters. The van der Waals surface area contributed by atoms with E-state index in [1.54, 1.807) is 0 Å². The largest absolute Gasteiger partial charge is 0.198 e. The zero-order valence-corrected chi connectivity index (χ0v) is 8.68. The Kier molecular flexibility index (Phi) is 2.72. The van der Waals surface area contributed by atoms with Gasteiger partial charge < -0.3 is 0 Å². The molecule has 1 aromatic carbocycles. The van der Waals surface area contributed by atoms with Crippen LogP contribution in [-0.2, 0) is 0 Å². The van der Waals surface area contributed by atoms with Crippen LogP contribution in [0.3, 0.4) is 0 Å². The molecule has 0 aliphatic rings. The molecular weight excluding hydrogens is 158 g/mol. The third-order valence-corrected chi connectivity index (χ3v) is 2.76. The normalized spacial score (nSPS) is 12.2. The van der Waals surface area contributed by atoms with Crippen LogP contribution in [0.15, 0.2) is 12.1 Å². The standard InChI is InChI=1S/C12H15N/c1-8-5-6-12(9(2)7-13)11(4)10(8)3/h5-6,9H,1-4H3. The second-order valence-electron chi connectivity index (χ2n) is 3.57. The summed E-state index contributed by atoms with van der Waals surface area (Å²) < 4.78 is 0. The summed E-state index contributed by atoms with van der Waals surface area (Å²) in [7, 11) is 0. The fourth-order valence-electron chi connectivity index (χ4n) is 1.52. The minimum Gasteiger partial charge on any atom is -0.198 e. The van der Waals surface area contributed by atoms with Gasteiger partial charge in [0.2, 0.25) is 0 Å². The molecule has 0 aliphatic carbocycles. The Morgan fingerprint density at radius 3 is 2.31 bits per heavy atom. The van der Waals surface area contributed by atoms with Gasteiger partial charge in [-0.25, -0.2) is 0 Å². The van der Waals surface area contributed by atoms with Gasteiger partial charge in [0.05, 0.1) is 12.0 Å². The molecule has 0 bridgehead atoms. The number of benzene rings is 1. The van der Waals surface area contributed by atoms with Crippen LogP contribution in [0.5, 0.6) is 0 Å². The van der Waals surface area contributed by atoms with Crippen molar-refractivity contribution in [2.45, 2.75) is 33.6 Å². The maximum Gasteiger partial charge on any atom is 0.0701 e. The molecule has 13 heavy (non-hydrogen) atoms. The molecule has 0 N–H and O–H groups in total. The van der Waals surface area contributed by atoms with E-state index in [2.05, 4.69) is 39.0 Å². The van der Waals surface area contributed by atoms with Gasteiger partial charge in [0.1, 0.15) is 0 Å². The van der Waals surface area contributed by atoms with Crippen molar-refractivity contribution in [2.75, 3.05) is 0 Å². The Labute approximate surface area is 80.0 Å². The molecule has 1 aromatic rings.